The van der Waals surface area contributed by atoms with Gasteiger partial charge in [-0.2, -0.15) is 0 Å². The Hall–Kier alpha value is -1.48. The Balaban J connectivity index is 1.62. The molecular weight excluding hydrogens is 302 g/mol. The van der Waals surface area contributed by atoms with Crippen LogP contribution in [0.5, 0.6) is 5.75 Å². The molecule has 3 heteroatoms. The molecule has 2 aromatic carbocycles. The Morgan fingerprint density at radius 3 is 2.79 bits per heavy atom. The molecule has 1 unspecified atom stereocenters. The standard InChI is InChI=1S/C16H16BrNO/c17-14-6-2-4-8-16(14)19-11-12-9-13-5-1-3-7-15(13)18-10-12/h1-8,12,18H,9-11H2. The summed E-state index contributed by atoms with van der Waals surface area (Å²) in [4.78, 5) is 0. The highest BCUT2D eigenvalue weighted by atomic mass is 79.9. The first-order valence-electron chi connectivity index (χ1n) is 6.52. The second-order valence-corrected chi connectivity index (χ2v) is 5.70. The summed E-state index contributed by atoms with van der Waals surface area (Å²) in [5.41, 5.74) is 2.65. The van der Waals surface area contributed by atoms with Gasteiger partial charge in [-0.1, -0.05) is 30.3 Å². The molecule has 1 aliphatic rings. The van der Waals surface area contributed by atoms with Crippen molar-refractivity contribution < 1.29 is 4.74 Å². The number of halogens is 1. The van der Waals surface area contributed by atoms with Gasteiger partial charge in [-0.25, -0.2) is 0 Å². The van der Waals surface area contributed by atoms with E-state index >= 15 is 0 Å². The Kier molecular flexibility index (Phi) is 3.74. The quantitative estimate of drug-likeness (QED) is 0.919. The van der Waals surface area contributed by atoms with Crippen molar-refractivity contribution >= 4 is 21.6 Å². The number of nitrogens with one attached hydrogen (secondary N) is 1. The number of hydrogen-bond acceptors (Lipinski definition) is 2. The molecule has 2 aromatic rings. The van der Waals surface area contributed by atoms with Gasteiger partial charge in [-0.05, 0) is 46.1 Å². The van der Waals surface area contributed by atoms with E-state index in [-0.39, 0.29) is 0 Å². The summed E-state index contributed by atoms with van der Waals surface area (Å²) in [5, 5.41) is 3.47. The third kappa shape index (κ3) is 2.92. The van der Waals surface area contributed by atoms with Crippen molar-refractivity contribution in [2.75, 3.05) is 18.5 Å². The summed E-state index contributed by atoms with van der Waals surface area (Å²) in [5.74, 6) is 1.43. The first kappa shape index (κ1) is 12.5. The van der Waals surface area contributed by atoms with E-state index < -0.39 is 0 Å². The molecular formula is C16H16BrNO. The maximum Gasteiger partial charge on any atom is 0.133 e. The number of ether oxygens (including phenoxy) is 1. The van der Waals surface area contributed by atoms with Gasteiger partial charge < -0.3 is 10.1 Å². The maximum absolute atomic E-state index is 5.90. The largest absolute Gasteiger partial charge is 0.492 e. The van der Waals surface area contributed by atoms with Gasteiger partial charge in [0.15, 0.2) is 0 Å². The lowest BCUT2D eigenvalue weighted by Crippen LogP contribution is -2.28. The second-order valence-electron chi connectivity index (χ2n) is 4.85. The van der Waals surface area contributed by atoms with Crippen LogP contribution in [0.1, 0.15) is 5.56 Å². The summed E-state index contributed by atoms with van der Waals surface area (Å²) in [6.07, 6.45) is 1.08. The average molecular weight is 318 g/mol. The molecule has 0 aromatic heterocycles. The van der Waals surface area contributed by atoms with Crippen LogP contribution in [0.2, 0.25) is 0 Å². The normalized spacial score (nSPS) is 17.4. The van der Waals surface area contributed by atoms with E-state index in [9.17, 15) is 0 Å². The Morgan fingerprint density at radius 2 is 1.89 bits per heavy atom. The zero-order valence-electron chi connectivity index (χ0n) is 10.6. The lowest BCUT2D eigenvalue weighted by atomic mass is 9.95. The molecule has 1 N–H and O–H groups in total. The molecule has 19 heavy (non-hydrogen) atoms. The minimum atomic E-state index is 0.516. The van der Waals surface area contributed by atoms with Crippen LogP contribution in [0.4, 0.5) is 5.69 Å². The minimum absolute atomic E-state index is 0.516. The summed E-state index contributed by atoms with van der Waals surface area (Å²) >= 11 is 3.51. The number of para-hydroxylation sites is 2. The number of anilines is 1. The van der Waals surface area contributed by atoms with E-state index in [0.717, 1.165) is 29.8 Å². The van der Waals surface area contributed by atoms with Gasteiger partial charge in [0, 0.05) is 18.2 Å². The first-order chi connectivity index (χ1) is 9.33. The lowest BCUT2D eigenvalue weighted by molar-refractivity contribution is 0.251. The summed E-state index contributed by atoms with van der Waals surface area (Å²) in [6, 6.07) is 16.5. The van der Waals surface area contributed by atoms with Crippen LogP contribution in [0.3, 0.4) is 0 Å². The van der Waals surface area contributed by atoms with Gasteiger partial charge >= 0.3 is 0 Å². The van der Waals surface area contributed by atoms with Crippen molar-refractivity contribution in [2.24, 2.45) is 5.92 Å². The molecule has 0 aliphatic carbocycles. The van der Waals surface area contributed by atoms with Gasteiger partial charge in [-0.15, -0.1) is 0 Å². The smallest absolute Gasteiger partial charge is 0.133 e. The van der Waals surface area contributed by atoms with E-state index in [0.29, 0.717) is 5.92 Å². The number of rotatable bonds is 3. The maximum atomic E-state index is 5.90. The molecule has 0 saturated heterocycles. The molecule has 0 spiro atoms. The van der Waals surface area contributed by atoms with Crippen LogP contribution in [-0.2, 0) is 6.42 Å². The summed E-state index contributed by atoms with van der Waals surface area (Å²) in [6.45, 7) is 1.71. The molecule has 0 bridgehead atoms. The second kappa shape index (κ2) is 5.66. The van der Waals surface area contributed by atoms with E-state index in [4.69, 9.17) is 4.74 Å². The highest BCUT2D eigenvalue weighted by molar-refractivity contribution is 9.10. The van der Waals surface area contributed by atoms with Crippen molar-refractivity contribution in [2.45, 2.75) is 6.42 Å². The third-order valence-corrected chi connectivity index (χ3v) is 4.07. The van der Waals surface area contributed by atoms with Gasteiger partial charge in [-0.3, -0.25) is 0 Å². The minimum Gasteiger partial charge on any atom is -0.492 e. The van der Waals surface area contributed by atoms with Crippen molar-refractivity contribution in [1.82, 2.24) is 0 Å². The highest BCUT2D eigenvalue weighted by Gasteiger charge is 2.18. The van der Waals surface area contributed by atoms with E-state index in [1.807, 2.05) is 24.3 Å². The number of fused-ring (bicyclic) bond motifs is 1. The van der Waals surface area contributed by atoms with Crippen LogP contribution in [0, 0.1) is 5.92 Å². The molecule has 1 heterocycles. The van der Waals surface area contributed by atoms with Gasteiger partial charge in [0.2, 0.25) is 0 Å². The molecule has 0 fully saturated rings. The molecule has 3 rings (SSSR count). The van der Waals surface area contributed by atoms with E-state index in [1.54, 1.807) is 0 Å². The van der Waals surface area contributed by atoms with E-state index in [1.165, 1.54) is 11.3 Å². The van der Waals surface area contributed by atoms with Gasteiger partial charge in [0.05, 0.1) is 11.1 Å². The summed E-state index contributed by atoms with van der Waals surface area (Å²) < 4.78 is 6.92. The zero-order valence-corrected chi connectivity index (χ0v) is 12.2. The lowest BCUT2D eigenvalue weighted by Gasteiger charge is -2.26. The fraction of sp³-hybridized carbons (Fsp3) is 0.250. The average Bonchev–Trinajstić information content (AvgIpc) is 2.46. The monoisotopic (exact) mass is 317 g/mol. The van der Waals surface area contributed by atoms with Crippen molar-refractivity contribution in [1.29, 1.82) is 0 Å². The Bertz CT molecular complexity index is 570. The summed E-state index contributed by atoms with van der Waals surface area (Å²) in [7, 11) is 0. The predicted octanol–water partition coefficient (Wildman–Crippen LogP) is 4.11. The molecule has 1 atom stereocenters. The van der Waals surface area contributed by atoms with Crippen LogP contribution in [0.25, 0.3) is 0 Å². The fourth-order valence-corrected chi connectivity index (χ4v) is 2.79. The van der Waals surface area contributed by atoms with E-state index in [2.05, 4.69) is 45.5 Å². The third-order valence-electron chi connectivity index (χ3n) is 3.42. The molecule has 0 saturated carbocycles. The van der Waals surface area contributed by atoms with Crippen LogP contribution >= 0.6 is 15.9 Å². The molecule has 98 valence electrons. The molecule has 1 aliphatic heterocycles. The molecule has 0 amide bonds. The van der Waals surface area contributed by atoms with Gasteiger partial charge in [0.1, 0.15) is 5.75 Å². The van der Waals surface area contributed by atoms with Crippen molar-refractivity contribution in [3.8, 4) is 5.75 Å². The predicted molar refractivity (Wildman–Crippen MR) is 81.8 cm³/mol. The highest BCUT2D eigenvalue weighted by Crippen LogP contribution is 2.27. The number of benzene rings is 2. The first-order valence-corrected chi connectivity index (χ1v) is 7.31. The number of hydrogen-bond donors (Lipinski definition) is 1. The molecule has 2 nitrogen and oxygen atoms in total. The molecule has 0 radical (unpaired) electrons. The SMILES string of the molecule is Brc1ccccc1OCC1CNc2ccccc2C1. The zero-order chi connectivity index (χ0) is 13.1. The van der Waals surface area contributed by atoms with Crippen LogP contribution in [-0.4, -0.2) is 13.2 Å². The fourth-order valence-electron chi connectivity index (χ4n) is 2.40. The van der Waals surface area contributed by atoms with Crippen molar-refractivity contribution in [3.63, 3.8) is 0 Å². The van der Waals surface area contributed by atoms with Crippen LogP contribution in [0.15, 0.2) is 53.0 Å². The van der Waals surface area contributed by atoms with Crippen molar-refractivity contribution in [3.05, 3.63) is 58.6 Å². The Labute approximate surface area is 121 Å². The topological polar surface area (TPSA) is 21.3 Å². The van der Waals surface area contributed by atoms with Crippen LogP contribution < -0.4 is 10.1 Å². The Morgan fingerprint density at radius 1 is 1.11 bits per heavy atom. The van der Waals surface area contributed by atoms with Gasteiger partial charge in [0.25, 0.3) is 0 Å².